The lowest BCUT2D eigenvalue weighted by molar-refractivity contribution is -0.132. The van der Waals surface area contributed by atoms with Crippen LogP contribution in [-0.2, 0) is 11.3 Å². The molecule has 1 aromatic rings. The molecule has 1 atom stereocenters. The van der Waals surface area contributed by atoms with Crippen molar-refractivity contribution >= 4 is 17.7 Å². The van der Waals surface area contributed by atoms with Gasteiger partial charge in [-0.15, -0.1) is 0 Å². The van der Waals surface area contributed by atoms with E-state index in [1.54, 1.807) is 11.8 Å². The van der Waals surface area contributed by atoms with E-state index < -0.39 is 0 Å². The molecule has 4 nitrogen and oxygen atoms in total. The number of amides is 1. The van der Waals surface area contributed by atoms with Gasteiger partial charge in [0.2, 0.25) is 5.91 Å². The van der Waals surface area contributed by atoms with Crippen LogP contribution >= 0.6 is 11.8 Å². The Bertz CT molecular complexity index is 454. The number of hydrogen-bond donors (Lipinski definition) is 1. The van der Waals surface area contributed by atoms with Crippen molar-refractivity contribution in [3.8, 4) is 0 Å². The van der Waals surface area contributed by atoms with Gasteiger partial charge in [0.15, 0.2) is 0 Å². The first-order valence-corrected chi connectivity index (χ1v) is 9.39. The Labute approximate surface area is 138 Å². The van der Waals surface area contributed by atoms with Gasteiger partial charge in [0.25, 0.3) is 0 Å². The number of nitrogens with two attached hydrogens (primary N) is 1. The van der Waals surface area contributed by atoms with Crippen LogP contribution in [0.15, 0.2) is 30.3 Å². The standard InChI is InChI=1S/C17H27N3OS/c1-22-13-8-16(18)17(21)20-10-5-9-19(11-12-20)14-15-6-3-2-4-7-15/h2-4,6-7,16H,5,8-14,18H2,1H3. The predicted octanol–water partition coefficient (Wildman–Crippen LogP) is 1.80. The molecule has 1 aliphatic rings. The van der Waals surface area contributed by atoms with Crippen LogP contribution in [-0.4, -0.2) is 59.9 Å². The Balaban J connectivity index is 1.83. The SMILES string of the molecule is CSCCC(N)C(=O)N1CCCN(Cc2ccccc2)CC1. The second-order valence-corrected chi connectivity index (χ2v) is 6.81. The van der Waals surface area contributed by atoms with Crippen molar-refractivity contribution in [3.05, 3.63) is 35.9 Å². The number of benzene rings is 1. The second-order valence-electron chi connectivity index (χ2n) is 5.83. The Hall–Kier alpha value is -1.04. The third-order valence-electron chi connectivity index (χ3n) is 4.10. The van der Waals surface area contributed by atoms with Crippen molar-refractivity contribution in [1.29, 1.82) is 0 Å². The molecule has 1 aliphatic heterocycles. The van der Waals surface area contributed by atoms with E-state index in [4.69, 9.17) is 5.73 Å². The quantitative estimate of drug-likeness (QED) is 0.868. The van der Waals surface area contributed by atoms with E-state index in [-0.39, 0.29) is 11.9 Å². The minimum Gasteiger partial charge on any atom is -0.340 e. The molecular weight excluding hydrogens is 294 g/mol. The molecule has 0 saturated carbocycles. The lowest BCUT2D eigenvalue weighted by Crippen LogP contribution is -2.45. The second kappa shape index (κ2) is 9.18. The van der Waals surface area contributed by atoms with E-state index >= 15 is 0 Å². The highest BCUT2D eigenvalue weighted by Gasteiger charge is 2.23. The summed E-state index contributed by atoms with van der Waals surface area (Å²) in [5, 5.41) is 0. The van der Waals surface area contributed by atoms with Crippen LogP contribution in [0.25, 0.3) is 0 Å². The van der Waals surface area contributed by atoms with Crippen LogP contribution in [0, 0.1) is 0 Å². The van der Waals surface area contributed by atoms with E-state index in [2.05, 4.69) is 29.2 Å². The Morgan fingerprint density at radius 1 is 1.23 bits per heavy atom. The van der Waals surface area contributed by atoms with Crippen LogP contribution in [0.1, 0.15) is 18.4 Å². The van der Waals surface area contributed by atoms with Crippen LogP contribution in [0.2, 0.25) is 0 Å². The zero-order valence-electron chi connectivity index (χ0n) is 13.4. The number of rotatable bonds is 6. The van der Waals surface area contributed by atoms with Gasteiger partial charge in [-0.3, -0.25) is 9.69 Å². The summed E-state index contributed by atoms with van der Waals surface area (Å²) in [5.74, 6) is 1.07. The third-order valence-corrected chi connectivity index (χ3v) is 4.74. The van der Waals surface area contributed by atoms with Crippen molar-refractivity contribution in [2.45, 2.75) is 25.4 Å². The fourth-order valence-corrected chi connectivity index (χ4v) is 3.28. The van der Waals surface area contributed by atoms with Crippen molar-refractivity contribution < 1.29 is 4.79 Å². The molecule has 0 bridgehead atoms. The minimum atomic E-state index is -0.340. The molecule has 1 aromatic carbocycles. The summed E-state index contributed by atoms with van der Waals surface area (Å²) >= 11 is 1.74. The van der Waals surface area contributed by atoms with Crippen LogP contribution in [0.5, 0.6) is 0 Å². The minimum absolute atomic E-state index is 0.121. The van der Waals surface area contributed by atoms with Gasteiger partial charge >= 0.3 is 0 Å². The van der Waals surface area contributed by atoms with Crippen LogP contribution in [0.3, 0.4) is 0 Å². The van der Waals surface area contributed by atoms with Gasteiger partial charge in [-0.1, -0.05) is 30.3 Å². The molecule has 1 fully saturated rings. The summed E-state index contributed by atoms with van der Waals surface area (Å²) in [7, 11) is 0. The van der Waals surface area contributed by atoms with Crippen molar-refractivity contribution in [3.63, 3.8) is 0 Å². The van der Waals surface area contributed by atoms with E-state index in [0.717, 1.165) is 51.3 Å². The van der Waals surface area contributed by atoms with Gasteiger partial charge in [-0.25, -0.2) is 0 Å². The van der Waals surface area contributed by atoms with Gasteiger partial charge < -0.3 is 10.6 Å². The molecular formula is C17H27N3OS. The molecule has 0 radical (unpaired) electrons. The van der Waals surface area contributed by atoms with Gasteiger partial charge in [0.1, 0.15) is 0 Å². The first-order valence-electron chi connectivity index (χ1n) is 8.00. The van der Waals surface area contributed by atoms with Crippen LogP contribution in [0.4, 0.5) is 0 Å². The molecule has 1 unspecified atom stereocenters. The summed E-state index contributed by atoms with van der Waals surface area (Å²) in [5.41, 5.74) is 7.36. The Kier molecular flexibility index (Phi) is 7.22. The number of thioether (sulfide) groups is 1. The van der Waals surface area contributed by atoms with E-state index in [1.807, 2.05) is 17.2 Å². The normalized spacial score (nSPS) is 18.0. The van der Waals surface area contributed by atoms with Gasteiger partial charge in [-0.05, 0) is 30.4 Å². The first kappa shape index (κ1) is 17.3. The molecule has 0 spiro atoms. The third kappa shape index (κ3) is 5.30. The maximum atomic E-state index is 12.4. The summed E-state index contributed by atoms with van der Waals surface area (Å²) in [6.45, 7) is 4.55. The molecule has 2 N–H and O–H groups in total. The molecule has 2 rings (SSSR count). The fraction of sp³-hybridized carbons (Fsp3) is 0.588. The van der Waals surface area contributed by atoms with Gasteiger partial charge in [-0.2, -0.15) is 11.8 Å². The summed E-state index contributed by atoms with van der Waals surface area (Å²) in [4.78, 5) is 16.8. The lowest BCUT2D eigenvalue weighted by Gasteiger charge is -2.24. The number of carbonyl (C=O) groups excluding carboxylic acids is 1. The maximum absolute atomic E-state index is 12.4. The average molecular weight is 321 g/mol. The summed E-state index contributed by atoms with van der Waals surface area (Å²) < 4.78 is 0. The zero-order chi connectivity index (χ0) is 15.8. The van der Waals surface area contributed by atoms with Crippen molar-refractivity contribution in [2.24, 2.45) is 5.73 Å². The number of carbonyl (C=O) groups is 1. The number of hydrogen-bond acceptors (Lipinski definition) is 4. The number of nitrogens with zero attached hydrogens (tertiary/aromatic N) is 2. The summed E-state index contributed by atoms with van der Waals surface area (Å²) in [6, 6.07) is 10.2. The Morgan fingerprint density at radius 3 is 2.73 bits per heavy atom. The first-order chi connectivity index (χ1) is 10.7. The van der Waals surface area contributed by atoms with Crippen LogP contribution < -0.4 is 5.73 Å². The molecule has 1 saturated heterocycles. The van der Waals surface area contributed by atoms with E-state index in [0.29, 0.717) is 0 Å². The van der Waals surface area contributed by atoms with Gasteiger partial charge in [0.05, 0.1) is 6.04 Å². The van der Waals surface area contributed by atoms with E-state index in [9.17, 15) is 4.79 Å². The Morgan fingerprint density at radius 2 is 2.00 bits per heavy atom. The highest BCUT2D eigenvalue weighted by atomic mass is 32.2. The topological polar surface area (TPSA) is 49.6 Å². The maximum Gasteiger partial charge on any atom is 0.239 e. The molecule has 0 aromatic heterocycles. The summed E-state index contributed by atoms with van der Waals surface area (Å²) in [6.07, 6.45) is 3.84. The fourth-order valence-electron chi connectivity index (χ4n) is 2.79. The van der Waals surface area contributed by atoms with E-state index in [1.165, 1.54) is 5.56 Å². The molecule has 1 heterocycles. The molecule has 1 amide bonds. The molecule has 122 valence electrons. The average Bonchev–Trinajstić information content (AvgIpc) is 2.78. The van der Waals surface area contributed by atoms with Crippen molar-refractivity contribution in [1.82, 2.24) is 9.80 Å². The van der Waals surface area contributed by atoms with Gasteiger partial charge in [0, 0.05) is 32.7 Å². The largest absolute Gasteiger partial charge is 0.340 e. The predicted molar refractivity (Wildman–Crippen MR) is 93.9 cm³/mol. The zero-order valence-corrected chi connectivity index (χ0v) is 14.2. The highest BCUT2D eigenvalue weighted by molar-refractivity contribution is 7.98. The monoisotopic (exact) mass is 321 g/mol. The molecule has 0 aliphatic carbocycles. The smallest absolute Gasteiger partial charge is 0.239 e. The molecule has 5 heteroatoms. The highest BCUT2D eigenvalue weighted by Crippen LogP contribution is 2.10. The van der Waals surface area contributed by atoms with Crippen molar-refractivity contribution in [2.75, 3.05) is 38.2 Å². The molecule has 22 heavy (non-hydrogen) atoms. The lowest BCUT2D eigenvalue weighted by atomic mass is 10.2.